The molecule has 1 aliphatic rings. The molecule has 0 bridgehead atoms. The van der Waals surface area contributed by atoms with Crippen LogP contribution >= 0.6 is 0 Å². The van der Waals surface area contributed by atoms with Crippen molar-refractivity contribution in [3.05, 3.63) is 64.7 Å². The minimum atomic E-state index is -0.942. The molecule has 3 nitrogen and oxygen atoms in total. The molecule has 1 heterocycles. The predicted octanol–water partition coefficient (Wildman–Crippen LogP) is 3.60. The fraction of sp³-hybridized carbons (Fsp3) is 0.211. The molecule has 2 N–H and O–H groups in total. The molecular formula is C19H17NO2. The SMILES string of the molecule is Cc1ccc2c(C)c3c(nc2c1)-c1ccccc1C(O)C3O. The van der Waals surface area contributed by atoms with Gasteiger partial charge < -0.3 is 10.2 Å². The van der Waals surface area contributed by atoms with Gasteiger partial charge in [-0.15, -0.1) is 0 Å². The summed E-state index contributed by atoms with van der Waals surface area (Å²) in [5.74, 6) is 0. The van der Waals surface area contributed by atoms with E-state index in [9.17, 15) is 10.2 Å². The highest BCUT2D eigenvalue weighted by Crippen LogP contribution is 2.46. The third-order valence-electron chi connectivity index (χ3n) is 4.58. The Morgan fingerprint density at radius 1 is 0.955 bits per heavy atom. The molecule has 3 heteroatoms. The topological polar surface area (TPSA) is 53.4 Å². The fourth-order valence-corrected chi connectivity index (χ4v) is 3.42. The zero-order valence-electron chi connectivity index (χ0n) is 12.5. The van der Waals surface area contributed by atoms with Crippen molar-refractivity contribution in [2.24, 2.45) is 0 Å². The number of nitrogens with zero attached hydrogens (tertiary/aromatic N) is 1. The fourth-order valence-electron chi connectivity index (χ4n) is 3.42. The van der Waals surface area contributed by atoms with Gasteiger partial charge in [0.05, 0.1) is 11.2 Å². The third-order valence-corrected chi connectivity index (χ3v) is 4.58. The van der Waals surface area contributed by atoms with Crippen molar-refractivity contribution in [1.82, 2.24) is 4.98 Å². The van der Waals surface area contributed by atoms with Crippen LogP contribution in [0.1, 0.15) is 34.5 Å². The summed E-state index contributed by atoms with van der Waals surface area (Å²) in [6.45, 7) is 4.03. The zero-order valence-corrected chi connectivity index (χ0v) is 12.5. The van der Waals surface area contributed by atoms with Crippen LogP contribution in [0.2, 0.25) is 0 Å². The number of benzene rings is 2. The quantitative estimate of drug-likeness (QED) is 0.665. The first-order valence-electron chi connectivity index (χ1n) is 7.44. The second kappa shape index (κ2) is 4.63. The Labute approximate surface area is 128 Å². The van der Waals surface area contributed by atoms with Crippen LogP contribution in [0.5, 0.6) is 0 Å². The monoisotopic (exact) mass is 291 g/mol. The Balaban J connectivity index is 2.14. The minimum absolute atomic E-state index is 0.737. The molecule has 22 heavy (non-hydrogen) atoms. The molecule has 2 aromatic carbocycles. The van der Waals surface area contributed by atoms with Crippen molar-refractivity contribution >= 4 is 10.9 Å². The summed E-state index contributed by atoms with van der Waals surface area (Å²) in [6, 6.07) is 13.8. The molecule has 0 fully saturated rings. The number of fused-ring (bicyclic) bond motifs is 4. The molecule has 0 saturated carbocycles. The van der Waals surface area contributed by atoms with E-state index >= 15 is 0 Å². The second-order valence-electron chi connectivity index (χ2n) is 6.00. The number of hydrogen-bond acceptors (Lipinski definition) is 3. The van der Waals surface area contributed by atoms with Crippen LogP contribution in [-0.4, -0.2) is 15.2 Å². The molecule has 2 atom stereocenters. The first-order valence-corrected chi connectivity index (χ1v) is 7.44. The largest absolute Gasteiger partial charge is 0.385 e. The van der Waals surface area contributed by atoms with E-state index in [0.29, 0.717) is 0 Å². The number of hydrogen-bond donors (Lipinski definition) is 2. The van der Waals surface area contributed by atoms with Crippen molar-refractivity contribution in [2.45, 2.75) is 26.1 Å². The van der Waals surface area contributed by atoms with Crippen LogP contribution in [0, 0.1) is 13.8 Å². The summed E-state index contributed by atoms with van der Waals surface area (Å²) < 4.78 is 0. The summed E-state index contributed by atoms with van der Waals surface area (Å²) in [5.41, 5.74) is 6.23. The number of aliphatic hydroxyl groups excluding tert-OH is 2. The van der Waals surface area contributed by atoms with Gasteiger partial charge in [0.2, 0.25) is 0 Å². The lowest BCUT2D eigenvalue weighted by Crippen LogP contribution is -2.19. The lowest BCUT2D eigenvalue weighted by molar-refractivity contribution is 0.0152. The van der Waals surface area contributed by atoms with Gasteiger partial charge in [-0.3, -0.25) is 0 Å². The van der Waals surface area contributed by atoms with Crippen LogP contribution < -0.4 is 0 Å². The number of aryl methyl sites for hydroxylation is 2. The normalized spacial score (nSPS) is 19.8. The summed E-state index contributed by atoms with van der Waals surface area (Å²) >= 11 is 0. The molecule has 1 aromatic heterocycles. The first-order chi connectivity index (χ1) is 10.6. The maximum absolute atomic E-state index is 10.6. The molecule has 110 valence electrons. The van der Waals surface area contributed by atoms with E-state index in [4.69, 9.17) is 4.98 Å². The van der Waals surface area contributed by atoms with E-state index in [-0.39, 0.29) is 0 Å². The van der Waals surface area contributed by atoms with Crippen LogP contribution in [0.4, 0.5) is 0 Å². The first kappa shape index (κ1) is 13.4. The Kier molecular flexibility index (Phi) is 2.83. The summed E-state index contributed by atoms with van der Waals surface area (Å²) in [7, 11) is 0. The summed E-state index contributed by atoms with van der Waals surface area (Å²) in [5, 5.41) is 22.0. The molecule has 0 aliphatic heterocycles. The highest BCUT2D eigenvalue weighted by molar-refractivity contribution is 5.89. The van der Waals surface area contributed by atoms with E-state index in [2.05, 4.69) is 6.07 Å². The van der Waals surface area contributed by atoms with Crippen LogP contribution in [0.3, 0.4) is 0 Å². The number of pyridine rings is 1. The summed E-state index contributed by atoms with van der Waals surface area (Å²) in [4.78, 5) is 4.79. The molecule has 3 aromatic rings. The molecule has 2 unspecified atom stereocenters. The van der Waals surface area contributed by atoms with Gasteiger partial charge in [-0.2, -0.15) is 0 Å². The molecule has 0 spiro atoms. The Bertz CT molecular complexity index is 901. The van der Waals surface area contributed by atoms with E-state index < -0.39 is 12.2 Å². The highest BCUT2D eigenvalue weighted by atomic mass is 16.3. The lowest BCUT2D eigenvalue weighted by Gasteiger charge is -2.30. The number of rotatable bonds is 0. The second-order valence-corrected chi connectivity index (χ2v) is 6.00. The average molecular weight is 291 g/mol. The maximum Gasteiger partial charge on any atom is 0.111 e. The van der Waals surface area contributed by atoms with Crippen molar-refractivity contribution in [3.63, 3.8) is 0 Å². The van der Waals surface area contributed by atoms with Crippen LogP contribution in [0.15, 0.2) is 42.5 Å². The lowest BCUT2D eigenvalue weighted by atomic mass is 9.82. The van der Waals surface area contributed by atoms with Crippen molar-refractivity contribution in [1.29, 1.82) is 0 Å². The molecule has 4 rings (SSSR count). The van der Waals surface area contributed by atoms with E-state index in [0.717, 1.165) is 44.4 Å². The highest BCUT2D eigenvalue weighted by Gasteiger charge is 2.33. The number of aromatic nitrogens is 1. The van der Waals surface area contributed by atoms with E-state index in [1.54, 1.807) is 0 Å². The standard InChI is InChI=1S/C19H17NO2/c1-10-7-8-12-11(2)16-17(20-15(12)9-10)13-5-3-4-6-14(13)18(21)19(16)22/h3-9,18-19,21-22H,1-2H3. The third kappa shape index (κ3) is 1.73. The van der Waals surface area contributed by atoms with Crippen molar-refractivity contribution < 1.29 is 10.2 Å². The van der Waals surface area contributed by atoms with Gasteiger partial charge in [-0.1, -0.05) is 36.4 Å². The van der Waals surface area contributed by atoms with Gasteiger partial charge >= 0.3 is 0 Å². The molecule has 1 aliphatic carbocycles. The predicted molar refractivity (Wildman–Crippen MR) is 86.6 cm³/mol. The van der Waals surface area contributed by atoms with Crippen LogP contribution in [-0.2, 0) is 0 Å². The average Bonchev–Trinajstić information content (AvgIpc) is 2.52. The Morgan fingerprint density at radius 3 is 2.55 bits per heavy atom. The molecule has 0 amide bonds. The van der Waals surface area contributed by atoms with Gasteiger partial charge in [0.1, 0.15) is 12.2 Å². The molecule has 0 radical (unpaired) electrons. The smallest absolute Gasteiger partial charge is 0.111 e. The van der Waals surface area contributed by atoms with Gasteiger partial charge in [0.15, 0.2) is 0 Å². The van der Waals surface area contributed by atoms with Crippen molar-refractivity contribution in [3.8, 4) is 11.3 Å². The zero-order chi connectivity index (χ0) is 15.4. The summed E-state index contributed by atoms with van der Waals surface area (Å²) in [6.07, 6.45) is -1.85. The van der Waals surface area contributed by atoms with Gasteiger partial charge in [-0.05, 0) is 36.6 Å². The maximum atomic E-state index is 10.6. The van der Waals surface area contributed by atoms with Gasteiger partial charge in [-0.25, -0.2) is 4.98 Å². The Morgan fingerprint density at radius 2 is 1.73 bits per heavy atom. The van der Waals surface area contributed by atoms with Gasteiger partial charge in [0, 0.05) is 16.5 Å². The van der Waals surface area contributed by atoms with Gasteiger partial charge in [0.25, 0.3) is 0 Å². The van der Waals surface area contributed by atoms with Crippen LogP contribution in [0.25, 0.3) is 22.2 Å². The molecule has 0 saturated heterocycles. The number of aliphatic hydroxyl groups is 2. The van der Waals surface area contributed by atoms with E-state index in [1.807, 2.05) is 50.2 Å². The minimum Gasteiger partial charge on any atom is -0.385 e. The van der Waals surface area contributed by atoms with Crippen molar-refractivity contribution in [2.75, 3.05) is 0 Å². The molecular weight excluding hydrogens is 274 g/mol. The Hall–Kier alpha value is -2.23. The van der Waals surface area contributed by atoms with E-state index in [1.165, 1.54) is 0 Å².